The fourth-order valence-corrected chi connectivity index (χ4v) is 2.85. The van der Waals surface area contributed by atoms with Crippen molar-refractivity contribution in [3.63, 3.8) is 0 Å². The third-order valence-electron chi connectivity index (χ3n) is 3.34. The average molecular weight is 337 g/mol. The monoisotopic (exact) mass is 336 g/mol. The summed E-state index contributed by atoms with van der Waals surface area (Å²) in [7, 11) is 0. The van der Waals surface area contributed by atoms with Crippen LogP contribution in [-0.4, -0.2) is 4.98 Å². The van der Waals surface area contributed by atoms with E-state index in [0.29, 0.717) is 0 Å². The molecule has 2 nitrogen and oxygen atoms in total. The maximum absolute atomic E-state index is 12.9. The first kappa shape index (κ1) is 15.1. The molecule has 0 fully saturated rings. The first-order valence-electron chi connectivity index (χ1n) is 6.73. The number of nitrogens with one attached hydrogen (secondary N) is 1. The summed E-state index contributed by atoms with van der Waals surface area (Å²) in [4.78, 5) is 4.17. The summed E-state index contributed by atoms with van der Waals surface area (Å²) in [6, 6.07) is 11.6. The van der Waals surface area contributed by atoms with Crippen molar-refractivity contribution in [1.82, 2.24) is 10.3 Å². The Kier molecular flexibility index (Phi) is 5.26. The second-order valence-electron chi connectivity index (χ2n) is 4.77. The summed E-state index contributed by atoms with van der Waals surface area (Å²) in [5.74, 6) is -0.303. The van der Waals surface area contributed by atoms with E-state index in [1.807, 2.05) is 18.2 Å². The molecule has 0 aliphatic rings. The minimum Gasteiger partial charge on any atom is -0.302 e. The number of pyridine rings is 1. The largest absolute Gasteiger partial charge is 0.302 e. The molecule has 0 amide bonds. The van der Waals surface area contributed by atoms with Crippen molar-refractivity contribution < 1.29 is 4.39 Å². The summed E-state index contributed by atoms with van der Waals surface area (Å²) in [5.41, 5.74) is 2.07. The number of halogens is 2. The summed E-state index contributed by atoms with van der Waals surface area (Å²) in [6.45, 7) is 4.21. The van der Waals surface area contributed by atoms with Crippen LogP contribution in [0.1, 0.15) is 43.6 Å². The van der Waals surface area contributed by atoms with E-state index in [2.05, 4.69) is 46.1 Å². The van der Waals surface area contributed by atoms with Crippen molar-refractivity contribution in [2.75, 3.05) is 0 Å². The van der Waals surface area contributed by atoms with Gasteiger partial charge in [-0.05, 0) is 37.1 Å². The molecule has 0 aliphatic heterocycles. The SMILES string of the molecule is CCC(N[C@H](C)c1ccccc1Br)c1ccc(F)cn1. The molecule has 1 aromatic carbocycles. The minimum atomic E-state index is -0.303. The smallest absolute Gasteiger partial charge is 0.141 e. The van der Waals surface area contributed by atoms with Crippen LogP contribution < -0.4 is 5.32 Å². The molecule has 0 spiro atoms. The lowest BCUT2D eigenvalue weighted by Crippen LogP contribution is -2.25. The predicted octanol–water partition coefficient (Wildman–Crippen LogP) is 4.79. The first-order chi connectivity index (χ1) is 9.61. The molecule has 20 heavy (non-hydrogen) atoms. The van der Waals surface area contributed by atoms with Gasteiger partial charge >= 0.3 is 0 Å². The second kappa shape index (κ2) is 6.95. The van der Waals surface area contributed by atoms with Crippen LogP contribution in [0, 0.1) is 5.82 Å². The van der Waals surface area contributed by atoms with Crippen molar-refractivity contribution in [3.05, 3.63) is 64.1 Å². The fraction of sp³-hybridized carbons (Fsp3) is 0.312. The lowest BCUT2D eigenvalue weighted by atomic mass is 10.0. The zero-order chi connectivity index (χ0) is 14.5. The lowest BCUT2D eigenvalue weighted by molar-refractivity contribution is 0.446. The van der Waals surface area contributed by atoms with Crippen LogP contribution in [0.15, 0.2) is 47.1 Å². The molecule has 2 aromatic rings. The van der Waals surface area contributed by atoms with E-state index in [0.717, 1.165) is 16.6 Å². The van der Waals surface area contributed by atoms with Crippen LogP contribution in [-0.2, 0) is 0 Å². The van der Waals surface area contributed by atoms with Gasteiger partial charge in [-0.1, -0.05) is 41.1 Å². The lowest BCUT2D eigenvalue weighted by Gasteiger charge is -2.23. The number of hydrogen-bond acceptors (Lipinski definition) is 2. The normalized spacial score (nSPS) is 14.0. The summed E-state index contributed by atoms with van der Waals surface area (Å²) < 4.78 is 14.0. The second-order valence-corrected chi connectivity index (χ2v) is 5.63. The zero-order valence-corrected chi connectivity index (χ0v) is 13.2. The Balaban J connectivity index is 2.14. The van der Waals surface area contributed by atoms with Gasteiger partial charge in [0.15, 0.2) is 0 Å². The molecule has 2 atom stereocenters. The molecular weight excluding hydrogens is 319 g/mol. The Hall–Kier alpha value is -1.26. The van der Waals surface area contributed by atoms with Gasteiger partial charge in [0, 0.05) is 16.6 Å². The maximum Gasteiger partial charge on any atom is 0.141 e. The van der Waals surface area contributed by atoms with E-state index >= 15 is 0 Å². The third-order valence-corrected chi connectivity index (χ3v) is 4.06. The van der Waals surface area contributed by atoms with Crippen molar-refractivity contribution in [2.24, 2.45) is 0 Å². The molecule has 0 aliphatic carbocycles. The molecule has 0 bridgehead atoms. The molecule has 2 rings (SSSR count). The van der Waals surface area contributed by atoms with Gasteiger partial charge in [0.25, 0.3) is 0 Å². The van der Waals surface area contributed by atoms with E-state index in [9.17, 15) is 4.39 Å². The first-order valence-corrected chi connectivity index (χ1v) is 7.53. The van der Waals surface area contributed by atoms with E-state index in [1.165, 1.54) is 17.8 Å². The van der Waals surface area contributed by atoms with Gasteiger partial charge in [0.1, 0.15) is 5.82 Å². The molecule has 1 N–H and O–H groups in total. The van der Waals surface area contributed by atoms with E-state index in [1.54, 1.807) is 6.07 Å². The highest BCUT2D eigenvalue weighted by Gasteiger charge is 2.16. The summed E-state index contributed by atoms with van der Waals surface area (Å²) >= 11 is 3.57. The van der Waals surface area contributed by atoms with Gasteiger partial charge < -0.3 is 5.32 Å². The molecule has 1 unspecified atom stereocenters. The van der Waals surface area contributed by atoms with Crippen molar-refractivity contribution in [2.45, 2.75) is 32.4 Å². The predicted molar refractivity (Wildman–Crippen MR) is 82.9 cm³/mol. The summed E-state index contributed by atoms with van der Waals surface area (Å²) in [5, 5.41) is 3.54. The van der Waals surface area contributed by atoms with Gasteiger partial charge in [0.05, 0.1) is 11.9 Å². The average Bonchev–Trinajstić information content (AvgIpc) is 2.46. The molecule has 1 heterocycles. The Morgan fingerprint density at radius 1 is 1.25 bits per heavy atom. The van der Waals surface area contributed by atoms with E-state index in [-0.39, 0.29) is 17.9 Å². The van der Waals surface area contributed by atoms with Crippen molar-refractivity contribution in [3.8, 4) is 0 Å². The van der Waals surface area contributed by atoms with Crippen LogP contribution >= 0.6 is 15.9 Å². The van der Waals surface area contributed by atoms with Crippen molar-refractivity contribution >= 4 is 15.9 Å². The number of rotatable bonds is 5. The third kappa shape index (κ3) is 3.64. The van der Waals surface area contributed by atoms with Crippen LogP contribution in [0.2, 0.25) is 0 Å². The van der Waals surface area contributed by atoms with E-state index < -0.39 is 0 Å². The van der Waals surface area contributed by atoms with Gasteiger partial charge in [-0.25, -0.2) is 4.39 Å². The number of hydrogen-bond donors (Lipinski definition) is 1. The van der Waals surface area contributed by atoms with Crippen molar-refractivity contribution in [1.29, 1.82) is 0 Å². The van der Waals surface area contributed by atoms with Gasteiger partial charge in [-0.3, -0.25) is 4.98 Å². The topological polar surface area (TPSA) is 24.9 Å². The maximum atomic E-state index is 12.9. The number of benzene rings is 1. The highest BCUT2D eigenvalue weighted by Crippen LogP contribution is 2.26. The highest BCUT2D eigenvalue weighted by atomic mass is 79.9. The summed E-state index contributed by atoms with van der Waals surface area (Å²) in [6.07, 6.45) is 2.16. The van der Waals surface area contributed by atoms with Gasteiger partial charge in [-0.2, -0.15) is 0 Å². The molecule has 1 aromatic heterocycles. The molecule has 0 radical (unpaired) electrons. The molecule has 0 saturated heterocycles. The number of aromatic nitrogens is 1. The Morgan fingerprint density at radius 3 is 2.60 bits per heavy atom. The molecule has 0 saturated carbocycles. The van der Waals surface area contributed by atoms with Crippen LogP contribution in [0.25, 0.3) is 0 Å². The van der Waals surface area contributed by atoms with Crippen LogP contribution in [0.5, 0.6) is 0 Å². The van der Waals surface area contributed by atoms with Crippen LogP contribution in [0.3, 0.4) is 0 Å². The molecular formula is C16H18BrFN2. The highest BCUT2D eigenvalue weighted by molar-refractivity contribution is 9.10. The Labute approximate surface area is 127 Å². The quantitative estimate of drug-likeness (QED) is 0.849. The fourth-order valence-electron chi connectivity index (χ4n) is 2.22. The standard InChI is InChI=1S/C16H18BrFN2/c1-3-15(16-9-8-12(18)10-19-16)20-11(2)13-6-4-5-7-14(13)17/h4-11,15,20H,3H2,1-2H3/t11-,15?/m1/s1. The Morgan fingerprint density at radius 2 is 2.00 bits per heavy atom. The van der Waals surface area contributed by atoms with Gasteiger partial charge in [0.2, 0.25) is 0 Å². The molecule has 4 heteroatoms. The van der Waals surface area contributed by atoms with Gasteiger partial charge in [-0.15, -0.1) is 0 Å². The van der Waals surface area contributed by atoms with E-state index in [4.69, 9.17) is 0 Å². The zero-order valence-electron chi connectivity index (χ0n) is 11.6. The molecule has 106 valence electrons. The minimum absolute atomic E-state index is 0.109. The number of nitrogens with zero attached hydrogens (tertiary/aromatic N) is 1. The Bertz CT molecular complexity index is 557. The van der Waals surface area contributed by atoms with Crippen LogP contribution in [0.4, 0.5) is 4.39 Å².